The van der Waals surface area contributed by atoms with Gasteiger partial charge in [0.15, 0.2) is 0 Å². The van der Waals surface area contributed by atoms with Crippen molar-refractivity contribution in [2.75, 3.05) is 31.3 Å². The van der Waals surface area contributed by atoms with Gasteiger partial charge in [0.2, 0.25) is 0 Å². The Balaban J connectivity index is 2.18. The lowest BCUT2D eigenvalue weighted by molar-refractivity contribution is 0.203. The van der Waals surface area contributed by atoms with Crippen LogP contribution >= 0.6 is 11.6 Å². The molecule has 1 rings (SSSR count). The summed E-state index contributed by atoms with van der Waals surface area (Å²) in [6.07, 6.45) is 1.98. The first-order valence-corrected chi connectivity index (χ1v) is 6.34. The molecular weight excluding hydrogens is 210 g/mol. The zero-order chi connectivity index (χ0) is 9.68. The van der Waals surface area contributed by atoms with Crippen molar-refractivity contribution in [3.8, 4) is 0 Å². The maximum atomic E-state index is 10.4. The molecule has 1 saturated heterocycles. The first kappa shape index (κ1) is 11.4. The highest BCUT2D eigenvalue weighted by Crippen LogP contribution is 2.17. The molecule has 0 amide bonds. The molecule has 13 heavy (non-hydrogen) atoms. The van der Waals surface area contributed by atoms with E-state index in [0.29, 0.717) is 17.6 Å². The molecule has 0 aliphatic carbocycles. The number of rotatable bonds is 4. The summed E-state index contributed by atoms with van der Waals surface area (Å²) in [6, 6.07) is 0. The van der Waals surface area contributed by atoms with E-state index in [1.54, 1.807) is 0 Å². The molecule has 0 radical (unpaired) electrons. The normalized spacial score (nSPS) is 23.2. The van der Waals surface area contributed by atoms with Gasteiger partial charge in [0.25, 0.3) is 0 Å². The monoisotopic (exact) mass is 224 g/mol. The summed E-state index contributed by atoms with van der Waals surface area (Å²) in [7, 11) is 0. The fourth-order valence-electron chi connectivity index (χ4n) is 1.69. The van der Waals surface area contributed by atoms with Crippen LogP contribution in [0, 0.1) is 5.92 Å². The van der Waals surface area contributed by atoms with Crippen LogP contribution in [0.1, 0.15) is 12.8 Å². The zero-order valence-corrected chi connectivity index (χ0v) is 9.15. The average molecular weight is 225 g/mol. The Morgan fingerprint density at radius 2 is 2.08 bits per heavy atom. The summed E-state index contributed by atoms with van der Waals surface area (Å²) >= 11 is 3.74. The van der Waals surface area contributed by atoms with Gasteiger partial charge in [0.1, 0.15) is 0 Å². The van der Waals surface area contributed by atoms with Crippen LogP contribution in [0.5, 0.6) is 0 Å². The number of piperidine rings is 1. The van der Waals surface area contributed by atoms with E-state index in [-0.39, 0.29) is 0 Å². The molecule has 0 spiro atoms. The van der Waals surface area contributed by atoms with Crippen molar-refractivity contribution in [1.82, 2.24) is 4.90 Å². The SMILES string of the molecule is O=S([O-])CC1CCN(CCCl)CC1. The van der Waals surface area contributed by atoms with Crippen LogP contribution in [-0.4, -0.2) is 44.9 Å². The van der Waals surface area contributed by atoms with Crippen molar-refractivity contribution in [2.45, 2.75) is 12.8 Å². The number of nitrogens with zero attached hydrogens (tertiary/aromatic N) is 1. The zero-order valence-electron chi connectivity index (χ0n) is 7.58. The van der Waals surface area contributed by atoms with Gasteiger partial charge in [0, 0.05) is 18.2 Å². The topological polar surface area (TPSA) is 43.4 Å². The smallest absolute Gasteiger partial charge is 0.0351 e. The Kier molecular flexibility index (Phi) is 5.24. The minimum absolute atomic E-state index is 0.328. The van der Waals surface area contributed by atoms with Crippen LogP contribution in [-0.2, 0) is 11.1 Å². The van der Waals surface area contributed by atoms with Gasteiger partial charge in [-0.1, -0.05) is 11.1 Å². The Labute approximate surface area is 86.7 Å². The summed E-state index contributed by atoms with van der Waals surface area (Å²) < 4.78 is 20.9. The molecule has 78 valence electrons. The molecule has 0 bridgehead atoms. The molecule has 1 aliphatic rings. The molecule has 0 saturated carbocycles. The first-order valence-electron chi connectivity index (χ1n) is 4.56. The van der Waals surface area contributed by atoms with Crippen molar-refractivity contribution < 1.29 is 8.76 Å². The second kappa shape index (κ2) is 5.96. The number of alkyl halides is 1. The van der Waals surface area contributed by atoms with E-state index >= 15 is 0 Å². The van der Waals surface area contributed by atoms with Crippen LogP contribution in [0.3, 0.4) is 0 Å². The van der Waals surface area contributed by atoms with Gasteiger partial charge in [-0.05, 0) is 31.8 Å². The molecule has 3 nitrogen and oxygen atoms in total. The van der Waals surface area contributed by atoms with Crippen molar-refractivity contribution in [3.63, 3.8) is 0 Å². The molecule has 1 unspecified atom stereocenters. The van der Waals surface area contributed by atoms with Gasteiger partial charge < -0.3 is 9.45 Å². The molecule has 1 atom stereocenters. The number of hydrogen-bond donors (Lipinski definition) is 0. The highest BCUT2D eigenvalue weighted by atomic mass is 35.5. The third kappa shape index (κ3) is 4.40. The van der Waals surface area contributed by atoms with Gasteiger partial charge in [-0.3, -0.25) is 4.21 Å². The maximum absolute atomic E-state index is 10.4. The Hall–Kier alpha value is 0.360. The highest BCUT2D eigenvalue weighted by Gasteiger charge is 2.18. The third-order valence-electron chi connectivity index (χ3n) is 2.48. The van der Waals surface area contributed by atoms with Gasteiger partial charge in [-0.15, -0.1) is 11.6 Å². The molecule has 0 aromatic heterocycles. The largest absolute Gasteiger partial charge is 0.772 e. The van der Waals surface area contributed by atoms with Crippen LogP contribution < -0.4 is 0 Å². The lowest BCUT2D eigenvalue weighted by Gasteiger charge is -2.31. The molecule has 0 N–H and O–H groups in total. The van der Waals surface area contributed by atoms with Crippen molar-refractivity contribution in [1.29, 1.82) is 0 Å². The molecular formula is C8H15ClNO2S-. The van der Waals surface area contributed by atoms with E-state index in [4.69, 9.17) is 11.6 Å². The molecule has 5 heteroatoms. The van der Waals surface area contributed by atoms with Crippen LogP contribution in [0.25, 0.3) is 0 Å². The Bertz CT molecular complexity index is 172. The van der Waals surface area contributed by atoms with E-state index in [1.807, 2.05) is 0 Å². The van der Waals surface area contributed by atoms with E-state index in [0.717, 1.165) is 32.5 Å². The van der Waals surface area contributed by atoms with E-state index in [9.17, 15) is 8.76 Å². The first-order chi connectivity index (χ1) is 6.22. The van der Waals surface area contributed by atoms with E-state index in [1.165, 1.54) is 0 Å². The predicted octanol–water partition coefficient (Wildman–Crippen LogP) is 0.816. The summed E-state index contributed by atoms with van der Waals surface area (Å²) in [4.78, 5) is 2.29. The highest BCUT2D eigenvalue weighted by molar-refractivity contribution is 7.79. The lowest BCUT2D eigenvalue weighted by atomic mass is 9.99. The minimum Gasteiger partial charge on any atom is -0.772 e. The van der Waals surface area contributed by atoms with Gasteiger partial charge >= 0.3 is 0 Å². The Morgan fingerprint density at radius 3 is 2.54 bits per heavy atom. The fourth-order valence-corrected chi connectivity index (χ4v) is 2.65. The predicted molar refractivity (Wildman–Crippen MR) is 53.7 cm³/mol. The van der Waals surface area contributed by atoms with Gasteiger partial charge in [-0.25, -0.2) is 0 Å². The number of hydrogen-bond acceptors (Lipinski definition) is 3. The standard InChI is InChI=1S/C8H16ClNO2S/c9-3-6-10-4-1-8(2-5-10)7-13(11)12/h8H,1-7H2,(H,11,12)/p-1. The summed E-state index contributed by atoms with van der Waals surface area (Å²) in [6.45, 7) is 2.91. The molecule has 0 aromatic carbocycles. The van der Waals surface area contributed by atoms with Gasteiger partial charge in [-0.2, -0.15) is 0 Å². The van der Waals surface area contributed by atoms with E-state index < -0.39 is 11.1 Å². The van der Waals surface area contributed by atoms with Crippen LogP contribution in [0.2, 0.25) is 0 Å². The number of likely N-dealkylation sites (tertiary alicyclic amines) is 1. The number of halogens is 1. The molecule has 1 aliphatic heterocycles. The van der Waals surface area contributed by atoms with E-state index in [2.05, 4.69) is 4.90 Å². The van der Waals surface area contributed by atoms with Crippen molar-refractivity contribution in [2.24, 2.45) is 5.92 Å². The second-order valence-corrected chi connectivity index (χ2v) is 4.76. The van der Waals surface area contributed by atoms with Crippen LogP contribution in [0.4, 0.5) is 0 Å². The van der Waals surface area contributed by atoms with Crippen molar-refractivity contribution in [3.05, 3.63) is 0 Å². The third-order valence-corrected chi connectivity index (χ3v) is 3.39. The Morgan fingerprint density at radius 1 is 1.46 bits per heavy atom. The maximum Gasteiger partial charge on any atom is 0.0351 e. The minimum atomic E-state index is -1.87. The summed E-state index contributed by atoms with van der Waals surface area (Å²) in [5, 5.41) is 0. The molecule has 0 aromatic rings. The van der Waals surface area contributed by atoms with Crippen molar-refractivity contribution >= 4 is 22.7 Å². The lowest BCUT2D eigenvalue weighted by Crippen LogP contribution is -2.36. The quantitative estimate of drug-likeness (QED) is 0.525. The fraction of sp³-hybridized carbons (Fsp3) is 1.00. The molecule has 1 fully saturated rings. The summed E-state index contributed by atoms with van der Waals surface area (Å²) in [5.74, 6) is 1.36. The average Bonchev–Trinajstić information content (AvgIpc) is 2.08. The second-order valence-electron chi connectivity index (χ2n) is 3.44. The molecule has 1 heterocycles. The van der Waals surface area contributed by atoms with Crippen LogP contribution in [0.15, 0.2) is 0 Å². The summed E-state index contributed by atoms with van der Waals surface area (Å²) in [5.41, 5.74) is 0. The van der Waals surface area contributed by atoms with Gasteiger partial charge in [0.05, 0.1) is 0 Å².